The van der Waals surface area contributed by atoms with Crippen molar-refractivity contribution in [1.29, 1.82) is 0 Å². The largest absolute Gasteiger partial charge is 1.00 e. The topological polar surface area (TPSA) is 20.2 Å². The molecule has 16 heavy (non-hydrogen) atoms. The van der Waals surface area contributed by atoms with E-state index in [4.69, 9.17) is 12.6 Å². The Bertz CT molecular complexity index is 330. The summed E-state index contributed by atoms with van der Waals surface area (Å²) in [7, 11) is 0. The second kappa shape index (κ2) is 5.92. The van der Waals surface area contributed by atoms with Crippen molar-refractivity contribution >= 4 is 12.6 Å². The third kappa shape index (κ3) is 3.27. The van der Waals surface area contributed by atoms with Crippen LogP contribution in [0.4, 0.5) is 0 Å². The fourth-order valence-corrected chi connectivity index (χ4v) is 1.82. The molecule has 0 aliphatic carbocycles. The number of rotatable bonds is 3. The molecule has 0 spiro atoms. The molecular weight excluding hydrogens is 227 g/mol. The Balaban J connectivity index is 0.00000225. The zero-order valence-electron chi connectivity index (χ0n) is 10.9. The molecule has 1 atom stereocenters. The summed E-state index contributed by atoms with van der Waals surface area (Å²) in [5.74, 6) is 0.341. The Morgan fingerprint density at radius 1 is 1.12 bits per heavy atom. The molecule has 0 saturated carbocycles. The molecule has 0 aromatic heterocycles. The average molecular weight is 246 g/mol. The van der Waals surface area contributed by atoms with Crippen LogP contribution in [0.15, 0.2) is 24.3 Å². The first-order valence-corrected chi connectivity index (χ1v) is 5.76. The summed E-state index contributed by atoms with van der Waals surface area (Å²) < 4.78 is 0. The Hall–Kier alpha value is 0.530. The first-order chi connectivity index (χ1) is 6.81. The summed E-state index contributed by atoms with van der Waals surface area (Å²) in [6, 6.07) is 8.26. The van der Waals surface area contributed by atoms with Crippen LogP contribution in [0.2, 0.25) is 0 Å². The molecule has 0 bridgehead atoms. The van der Waals surface area contributed by atoms with Crippen molar-refractivity contribution in [1.82, 2.24) is 0 Å². The van der Waals surface area contributed by atoms with Gasteiger partial charge in [0.25, 0.3) is 0 Å². The molecule has 84 valence electrons. The number of hydrogen-bond donors (Lipinski definition) is 1. The van der Waals surface area contributed by atoms with Crippen LogP contribution in [0.1, 0.15) is 31.9 Å². The predicted molar refractivity (Wildman–Crippen MR) is 67.1 cm³/mol. The summed E-state index contributed by atoms with van der Waals surface area (Å²) in [5, 5.41) is 10.3. The van der Waals surface area contributed by atoms with E-state index < -0.39 is 5.60 Å². The fraction of sp³-hybridized carbons (Fsp3) is 0.538. The molecule has 1 unspecified atom stereocenters. The zero-order valence-corrected chi connectivity index (χ0v) is 13.7. The van der Waals surface area contributed by atoms with Crippen LogP contribution in [0.25, 0.3) is 0 Å². The first-order valence-electron chi connectivity index (χ1n) is 5.19. The van der Waals surface area contributed by atoms with Crippen LogP contribution in [0, 0.1) is 6.92 Å². The van der Waals surface area contributed by atoms with E-state index in [1.54, 1.807) is 6.92 Å². The van der Waals surface area contributed by atoms with Crippen LogP contribution < -0.4 is 29.6 Å². The second-order valence-corrected chi connectivity index (χ2v) is 5.20. The van der Waals surface area contributed by atoms with Gasteiger partial charge in [-0.2, -0.15) is 0 Å². The van der Waals surface area contributed by atoms with Gasteiger partial charge >= 0.3 is 29.6 Å². The maximum atomic E-state index is 10.3. The predicted octanol–water partition coefficient (Wildman–Crippen LogP) is -0.425. The van der Waals surface area contributed by atoms with E-state index in [9.17, 15) is 5.11 Å². The molecule has 0 aliphatic rings. The van der Waals surface area contributed by atoms with Crippen molar-refractivity contribution in [3.63, 3.8) is 0 Å². The van der Waals surface area contributed by atoms with Gasteiger partial charge in [-0.25, -0.2) is 0 Å². The van der Waals surface area contributed by atoms with Gasteiger partial charge in [-0.05, 0) is 19.4 Å². The summed E-state index contributed by atoms with van der Waals surface area (Å²) >= 11 is 5.01. The van der Waals surface area contributed by atoms with E-state index in [0.29, 0.717) is 5.75 Å². The van der Waals surface area contributed by atoms with Crippen LogP contribution in [-0.4, -0.2) is 16.5 Å². The first kappa shape index (κ1) is 16.5. The molecule has 1 nitrogen and oxygen atoms in total. The van der Waals surface area contributed by atoms with Gasteiger partial charge in [0.15, 0.2) is 0 Å². The summed E-state index contributed by atoms with van der Waals surface area (Å²) in [4.78, 5) is 0. The van der Waals surface area contributed by atoms with Gasteiger partial charge in [-0.15, -0.1) is 5.75 Å². The Kier molecular flexibility index (Phi) is 6.12. The maximum Gasteiger partial charge on any atom is 1.00 e. The number of aryl methyl sites for hydroxylation is 1. The van der Waals surface area contributed by atoms with Gasteiger partial charge in [0, 0.05) is 11.0 Å². The summed E-state index contributed by atoms with van der Waals surface area (Å²) in [6.07, 6.45) is 0. The standard InChI is InChI=1S/C13H20OS.Na/c1-10-5-7-11(8-6-10)12(2,3)13(4,14)9-15;/h5-8,14-15H,9H2,1-4H3;/q;+1/p-1. The molecule has 0 amide bonds. The van der Waals surface area contributed by atoms with E-state index in [2.05, 4.69) is 31.2 Å². The van der Waals surface area contributed by atoms with E-state index in [1.165, 1.54) is 5.56 Å². The van der Waals surface area contributed by atoms with Crippen molar-refractivity contribution in [3.05, 3.63) is 35.4 Å². The van der Waals surface area contributed by atoms with Gasteiger partial charge in [-0.1, -0.05) is 43.7 Å². The molecule has 0 radical (unpaired) electrons. The number of benzene rings is 1. The summed E-state index contributed by atoms with van der Waals surface area (Å²) in [5.41, 5.74) is 1.19. The average Bonchev–Trinajstić information content (AvgIpc) is 2.18. The molecule has 0 saturated heterocycles. The molecule has 3 heteroatoms. The minimum atomic E-state index is -0.850. The third-order valence-electron chi connectivity index (χ3n) is 3.40. The van der Waals surface area contributed by atoms with Gasteiger partial charge in [0.2, 0.25) is 0 Å². The molecule has 0 fully saturated rings. The van der Waals surface area contributed by atoms with Crippen molar-refractivity contribution in [2.75, 3.05) is 5.75 Å². The third-order valence-corrected chi connectivity index (χ3v) is 3.96. The van der Waals surface area contributed by atoms with Gasteiger partial charge in [0.05, 0.1) is 0 Å². The monoisotopic (exact) mass is 246 g/mol. The van der Waals surface area contributed by atoms with Crippen LogP contribution in [0.3, 0.4) is 0 Å². The quantitative estimate of drug-likeness (QED) is 0.577. The minimum Gasteiger partial charge on any atom is -0.790 e. The summed E-state index contributed by atoms with van der Waals surface area (Å²) in [6.45, 7) is 7.93. The van der Waals surface area contributed by atoms with Crippen LogP contribution >= 0.6 is 0 Å². The minimum absolute atomic E-state index is 0. The van der Waals surface area contributed by atoms with Gasteiger partial charge in [-0.3, -0.25) is 0 Å². The molecule has 1 aromatic rings. The maximum absolute atomic E-state index is 10.3. The van der Waals surface area contributed by atoms with Crippen LogP contribution in [0.5, 0.6) is 0 Å². The van der Waals surface area contributed by atoms with E-state index in [-0.39, 0.29) is 35.0 Å². The fourth-order valence-electron chi connectivity index (χ4n) is 1.46. The smallest absolute Gasteiger partial charge is 0.790 e. The molecule has 0 heterocycles. The zero-order chi connectivity index (χ0) is 11.7. The Morgan fingerprint density at radius 2 is 1.56 bits per heavy atom. The van der Waals surface area contributed by atoms with Crippen molar-refractivity contribution in [2.45, 2.75) is 38.7 Å². The molecule has 1 N–H and O–H groups in total. The van der Waals surface area contributed by atoms with E-state index >= 15 is 0 Å². The van der Waals surface area contributed by atoms with Crippen molar-refractivity contribution < 1.29 is 34.7 Å². The number of hydrogen-bond acceptors (Lipinski definition) is 2. The van der Waals surface area contributed by atoms with Gasteiger partial charge < -0.3 is 17.7 Å². The van der Waals surface area contributed by atoms with E-state index in [0.717, 1.165) is 5.56 Å². The second-order valence-electron chi connectivity index (χ2n) is 4.91. The molecule has 0 aliphatic heterocycles. The molecule has 1 aromatic carbocycles. The molecular formula is C13H19NaOS. The Morgan fingerprint density at radius 3 is 1.94 bits per heavy atom. The normalized spacial score (nSPS) is 15.1. The van der Waals surface area contributed by atoms with Crippen LogP contribution in [-0.2, 0) is 18.0 Å². The molecule has 1 rings (SSSR count). The van der Waals surface area contributed by atoms with Crippen molar-refractivity contribution in [2.24, 2.45) is 0 Å². The SMILES string of the molecule is Cc1ccc(C(C)(C)C(C)(O)C[S-])cc1.[Na+]. The van der Waals surface area contributed by atoms with E-state index in [1.807, 2.05) is 13.8 Å². The van der Waals surface area contributed by atoms with Crippen molar-refractivity contribution in [3.8, 4) is 0 Å². The number of aliphatic hydroxyl groups is 1. The Labute approximate surface area is 126 Å². The van der Waals surface area contributed by atoms with Gasteiger partial charge in [0.1, 0.15) is 0 Å².